The van der Waals surface area contributed by atoms with Gasteiger partial charge < -0.3 is 5.32 Å². The summed E-state index contributed by atoms with van der Waals surface area (Å²) in [5.74, 6) is 0.919. The minimum absolute atomic E-state index is 0.0623. The number of unbranched alkanes of at least 4 members (excludes halogenated alkanes) is 5. The van der Waals surface area contributed by atoms with Crippen LogP contribution in [0.25, 0.3) is 0 Å². The molecule has 3 heteroatoms. The van der Waals surface area contributed by atoms with Crippen LogP contribution in [0.1, 0.15) is 56.6 Å². The normalized spacial score (nSPS) is 10.6. The Morgan fingerprint density at radius 1 is 1.10 bits per heavy atom. The molecule has 1 aromatic rings. The van der Waals surface area contributed by atoms with Gasteiger partial charge in [0.25, 0.3) is 5.24 Å². The molecule has 20 heavy (non-hydrogen) atoms. The molecule has 0 bridgehead atoms. The lowest BCUT2D eigenvalue weighted by Gasteiger charge is -2.09. The number of carbonyl (C=O) groups is 1. The van der Waals surface area contributed by atoms with E-state index in [2.05, 4.69) is 25.2 Å². The van der Waals surface area contributed by atoms with E-state index in [-0.39, 0.29) is 5.24 Å². The number of hydrogen-bond acceptors (Lipinski definition) is 2. The zero-order chi connectivity index (χ0) is 14.8. The molecule has 0 radical (unpaired) electrons. The van der Waals surface area contributed by atoms with Gasteiger partial charge in [0.05, 0.1) is 0 Å². The van der Waals surface area contributed by atoms with E-state index in [0.29, 0.717) is 0 Å². The van der Waals surface area contributed by atoms with Gasteiger partial charge >= 0.3 is 0 Å². The number of aryl methyl sites for hydroxylation is 1. The Bertz CT molecular complexity index is 417. The molecule has 0 saturated heterocycles. The standard InChI is InChI=1S/C17H27NOS/c1-4-5-6-7-8-9-13-20-17(19)18-16-12-10-11-14(2)15(16)3/h10-12H,4-9,13H2,1-3H3,(H,18,19). The Balaban J connectivity index is 2.19. The Hall–Kier alpha value is -0.960. The van der Waals surface area contributed by atoms with E-state index in [1.54, 1.807) is 0 Å². The maximum Gasteiger partial charge on any atom is 0.283 e. The molecule has 0 spiro atoms. The van der Waals surface area contributed by atoms with Gasteiger partial charge in [-0.2, -0.15) is 0 Å². The van der Waals surface area contributed by atoms with E-state index in [4.69, 9.17) is 0 Å². The maximum absolute atomic E-state index is 11.9. The average molecular weight is 293 g/mol. The Morgan fingerprint density at radius 2 is 1.80 bits per heavy atom. The van der Waals surface area contributed by atoms with Crippen LogP contribution in [0.15, 0.2) is 18.2 Å². The van der Waals surface area contributed by atoms with Crippen molar-refractivity contribution in [3.63, 3.8) is 0 Å². The van der Waals surface area contributed by atoms with E-state index < -0.39 is 0 Å². The van der Waals surface area contributed by atoms with Gasteiger partial charge in [-0.3, -0.25) is 4.79 Å². The number of rotatable bonds is 8. The first-order valence-corrected chi connectivity index (χ1v) is 8.63. The number of nitrogens with one attached hydrogen (secondary N) is 1. The van der Waals surface area contributed by atoms with Crippen molar-refractivity contribution in [2.75, 3.05) is 11.1 Å². The lowest BCUT2D eigenvalue weighted by atomic mass is 10.1. The Kier molecular flexibility index (Phi) is 8.43. The fourth-order valence-corrected chi connectivity index (χ4v) is 2.80. The summed E-state index contributed by atoms with van der Waals surface area (Å²) in [4.78, 5) is 11.9. The van der Waals surface area contributed by atoms with Crippen molar-refractivity contribution in [3.8, 4) is 0 Å². The summed E-state index contributed by atoms with van der Waals surface area (Å²) in [6, 6.07) is 6.01. The quantitative estimate of drug-likeness (QED) is 0.602. The molecule has 2 nitrogen and oxygen atoms in total. The first-order valence-electron chi connectivity index (χ1n) is 7.65. The molecule has 1 amide bonds. The third-order valence-electron chi connectivity index (χ3n) is 3.57. The fourth-order valence-electron chi connectivity index (χ4n) is 2.08. The Labute approximate surface area is 127 Å². The van der Waals surface area contributed by atoms with Crippen LogP contribution in [0, 0.1) is 13.8 Å². The molecule has 0 heterocycles. The summed E-state index contributed by atoms with van der Waals surface area (Å²) in [6.45, 7) is 6.34. The van der Waals surface area contributed by atoms with Crippen LogP contribution in [-0.2, 0) is 0 Å². The lowest BCUT2D eigenvalue weighted by Crippen LogP contribution is -2.07. The number of hydrogen-bond donors (Lipinski definition) is 1. The molecular weight excluding hydrogens is 266 g/mol. The molecular formula is C17H27NOS. The molecule has 0 aromatic heterocycles. The molecule has 0 saturated carbocycles. The highest BCUT2D eigenvalue weighted by Crippen LogP contribution is 2.20. The zero-order valence-corrected chi connectivity index (χ0v) is 13.8. The van der Waals surface area contributed by atoms with Crippen molar-refractivity contribution in [1.29, 1.82) is 0 Å². The summed E-state index contributed by atoms with van der Waals surface area (Å²) in [5.41, 5.74) is 3.30. The van der Waals surface area contributed by atoms with Crippen LogP contribution in [-0.4, -0.2) is 11.0 Å². The second kappa shape index (κ2) is 9.87. The van der Waals surface area contributed by atoms with Crippen molar-refractivity contribution in [3.05, 3.63) is 29.3 Å². The number of benzene rings is 1. The predicted octanol–water partition coefficient (Wildman–Crippen LogP) is 5.93. The van der Waals surface area contributed by atoms with Crippen molar-refractivity contribution in [1.82, 2.24) is 0 Å². The molecule has 1 N–H and O–H groups in total. The highest BCUT2D eigenvalue weighted by atomic mass is 32.2. The number of anilines is 1. The maximum atomic E-state index is 11.9. The van der Waals surface area contributed by atoms with Crippen LogP contribution in [0.4, 0.5) is 10.5 Å². The summed E-state index contributed by atoms with van der Waals surface area (Å²) < 4.78 is 0. The molecule has 0 aliphatic carbocycles. The van der Waals surface area contributed by atoms with Gasteiger partial charge in [0.2, 0.25) is 0 Å². The molecule has 1 aromatic carbocycles. The summed E-state index contributed by atoms with van der Waals surface area (Å²) >= 11 is 1.40. The third-order valence-corrected chi connectivity index (χ3v) is 4.43. The van der Waals surface area contributed by atoms with Crippen LogP contribution >= 0.6 is 11.8 Å². The minimum atomic E-state index is 0.0623. The largest absolute Gasteiger partial charge is 0.317 e. The molecule has 1 rings (SSSR count). The van der Waals surface area contributed by atoms with Gasteiger partial charge in [0, 0.05) is 11.4 Å². The Morgan fingerprint density at radius 3 is 2.55 bits per heavy atom. The number of carbonyl (C=O) groups excluding carboxylic acids is 1. The molecule has 0 atom stereocenters. The van der Waals surface area contributed by atoms with Gasteiger partial charge in [-0.05, 0) is 37.5 Å². The first-order chi connectivity index (χ1) is 9.65. The first kappa shape index (κ1) is 17.1. The van der Waals surface area contributed by atoms with Crippen molar-refractivity contribution in [2.24, 2.45) is 0 Å². The highest BCUT2D eigenvalue weighted by molar-refractivity contribution is 8.13. The average Bonchev–Trinajstić information content (AvgIpc) is 2.43. The second-order valence-corrected chi connectivity index (χ2v) is 6.34. The van der Waals surface area contributed by atoms with E-state index in [1.807, 2.05) is 19.1 Å². The van der Waals surface area contributed by atoms with Crippen LogP contribution < -0.4 is 5.32 Å². The molecule has 0 aliphatic heterocycles. The smallest absolute Gasteiger partial charge is 0.283 e. The van der Waals surface area contributed by atoms with Crippen molar-refractivity contribution in [2.45, 2.75) is 59.3 Å². The van der Waals surface area contributed by atoms with Gasteiger partial charge in [-0.15, -0.1) is 0 Å². The summed E-state index contributed by atoms with van der Waals surface area (Å²) in [5, 5.41) is 3.05. The molecule has 0 aliphatic rings. The van der Waals surface area contributed by atoms with Gasteiger partial charge in [0.15, 0.2) is 0 Å². The topological polar surface area (TPSA) is 29.1 Å². The van der Waals surface area contributed by atoms with Gasteiger partial charge in [-0.1, -0.05) is 62.9 Å². The molecule has 112 valence electrons. The van der Waals surface area contributed by atoms with Gasteiger partial charge in [0.1, 0.15) is 0 Å². The second-order valence-electron chi connectivity index (χ2n) is 5.28. The predicted molar refractivity (Wildman–Crippen MR) is 90.8 cm³/mol. The third kappa shape index (κ3) is 6.47. The van der Waals surface area contributed by atoms with Crippen molar-refractivity contribution >= 4 is 22.7 Å². The monoisotopic (exact) mass is 293 g/mol. The molecule has 0 unspecified atom stereocenters. The number of thioether (sulfide) groups is 1. The fraction of sp³-hybridized carbons (Fsp3) is 0.588. The van der Waals surface area contributed by atoms with E-state index in [9.17, 15) is 4.79 Å². The van der Waals surface area contributed by atoms with E-state index in [0.717, 1.165) is 23.4 Å². The van der Waals surface area contributed by atoms with Crippen LogP contribution in [0.5, 0.6) is 0 Å². The van der Waals surface area contributed by atoms with Crippen LogP contribution in [0.2, 0.25) is 0 Å². The highest BCUT2D eigenvalue weighted by Gasteiger charge is 2.06. The summed E-state index contributed by atoms with van der Waals surface area (Å²) in [6.07, 6.45) is 7.62. The SMILES string of the molecule is CCCCCCCCSC(=O)Nc1cccc(C)c1C. The van der Waals surface area contributed by atoms with Gasteiger partial charge in [-0.25, -0.2) is 0 Å². The lowest BCUT2D eigenvalue weighted by molar-refractivity contribution is 0.269. The van der Waals surface area contributed by atoms with E-state index >= 15 is 0 Å². The van der Waals surface area contributed by atoms with Crippen LogP contribution in [0.3, 0.4) is 0 Å². The zero-order valence-electron chi connectivity index (χ0n) is 13.0. The van der Waals surface area contributed by atoms with E-state index in [1.165, 1.54) is 49.4 Å². The molecule has 0 fully saturated rings. The summed E-state index contributed by atoms with van der Waals surface area (Å²) in [7, 11) is 0. The van der Waals surface area contributed by atoms with Crippen molar-refractivity contribution < 1.29 is 4.79 Å². The minimum Gasteiger partial charge on any atom is -0.317 e. The number of amides is 1.